The molecule has 9 nitrogen and oxygen atoms in total. The zero-order chi connectivity index (χ0) is 14.2. The molecular formula is C11H17N7O2. The van der Waals surface area contributed by atoms with Gasteiger partial charge in [0.2, 0.25) is 11.9 Å². The molecule has 3 N–H and O–H groups in total. The molecule has 0 unspecified atom stereocenters. The van der Waals surface area contributed by atoms with Crippen LogP contribution < -0.4 is 11.1 Å². The second-order valence-corrected chi connectivity index (χ2v) is 3.80. The van der Waals surface area contributed by atoms with Crippen LogP contribution in [0.2, 0.25) is 0 Å². The number of ether oxygens (including phenoxy) is 2. The first-order chi connectivity index (χ1) is 9.79. The minimum absolute atomic E-state index is 0.133. The summed E-state index contributed by atoms with van der Waals surface area (Å²) in [6.07, 6.45) is 3.36. The van der Waals surface area contributed by atoms with Crippen molar-refractivity contribution in [1.29, 1.82) is 0 Å². The highest BCUT2D eigenvalue weighted by molar-refractivity contribution is 5.34. The maximum Gasteiger partial charge on any atom is 0.257 e. The summed E-state index contributed by atoms with van der Waals surface area (Å²) in [6.45, 7) is 2.20. The van der Waals surface area contributed by atoms with Gasteiger partial charge in [-0.15, -0.1) is 0 Å². The van der Waals surface area contributed by atoms with Gasteiger partial charge in [0.05, 0.1) is 19.8 Å². The Labute approximate surface area is 116 Å². The quantitative estimate of drug-likeness (QED) is 0.634. The first-order valence-corrected chi connectivity index (χ1v) is 6.11. The Bertz CT molecular complexity index is 517. The van der Waals surface area contributed by atoms with Gasteiger partial charge in [-0.05, 0) is 6.07 Å². The monoisotopic (exact) mass is 279 g/mol. The third-order valence-corrected chi connectivity index (χ3v) is 2.31. The molecule has 0 bridgehead atoms. The van der Waals surface area contributed by atoms with E-state index >= 15 is 0 Å². The standard InChI is InChI=1S/C11H17N7O2/c1-19-7-8-20-6-4-13-10-15-9(12)16-11(17-10)18-5-2-3-14-18/h2-3,5H,4,6-8H2,1H3,(H3,12,13,15,16,17). The molecule has 0 saturated carbocycles. The summed E-state index contributed by atoms with van der Waals surface area (Å²) in [5, 5.41) is 7.06. The van der Waals surface area contributed by atoms with Gasteiger partial charge in [-0.3, -0.25) is 0 Å². The minimum atomic E-state index is 0.133. The smallest absolute Gasteiger partial charge is 0.257 e. The van der Waals surface area contributed by atoms with E-state index in [9.17, 15) is 0 Å². The van der Waals surface area contributed by atoms with E-state index < -0.39 is 0 Å². The van der Waals surface area contributed by atoms with Crippen molar-refractivity contribution >= 4 is 11.9 Å². The molecule has 0 atom stereocenters. The van der Waals surface area contributed by atoms with Crippen LogP contribution in [-0.2, 0) is 9.47 Å². The number of hydrogen-bond donors (Lipinski definition) is 2. The van der Waals surface area contributed by atoms with E-state index in [1.165, 1.54) is 4.68 Å². The third-order valence-electron chi connectivity index (χ3n) is 2.31. The number of rotatable bonds is 8. The number of methoxy groups -OCH3 is 1. The molecule has 20 heavy (non-hydrogen) atoms. The van der Waals surface area contributed by atoms with Crippen molar-refractivity contribution in [3.05, 3.63) is 18.5 Å². The van der Waals surface area contributed by atoms with E-state index in [4.69, 9.17) is 15.2 Å². The number of nitrogens with one attached hydrogen (secondary N) is 1. The first-order valence-electron chi connectivity index (χ1n) is 6.11. The number of nitrogens with two attached hydrogens (primary N) is 1. The number of nitrogen functional groups attached to an aromatic ring is 1. The predicted molar refractivity (Wildman–Crippen MR) is 72.5 cm³/mol. The highest BCUT2D eigenvalue weighted by Gasteiger charge is 2.05. The van der Waals surface area contributed by atoms with Gasteiger partial charge < -0.3 is 20.5 Å². The molecule has 0 aliphatic carbocycles. The van der Waals surface area contributed by atoms with E-state index in [0.717, 1.165) is 0 Å². The van der Waals surface area contributed by atoms with Crippen LogP contribution in [0.1, 0.15) is 0 Å². The van der Waals surface area contributed by atoms with Crippen LogP contribution in [0.3, 0.4) is 0 Å². The van der Waals surface area contributed by atoms with Gasteiger partial charge in [0.25, 0.3) is 5.95 Å². The van der Waals surface area contributed by atoms with Crippen molar-refractivity contribution in [1.82, 2.24) is 24.7 Å². The Morgan fingerprint density at radius 2 is 2.15 bits per heavy atom. The Morgan fingerprint density at radius 1 is 1.25 bits per heavy atom. The van der Waals surface area contributed by atoms with Gasteiger partial charge in [0.15, 0.2) is 0 Å². The average Bonchev–Trinajstić information content (AvgIpc) is 2.96. The fraction of sp³-hybridized carbons (Fsp3) is 0.455. The molecule has 2 aromatic rings. The van der Waals surface area contributed by atoms with Crippen LogP contribution in [0.4, 0.5) is 11.9 Å². The van der Waals surface area contributed by atoms with Gasteiger partial charge in [0.1, 0.15) is 0 Å². The summed E-state index contributed by atoms with van der Waals surface area (Å²) in [6, 6.07) is 1.77. The Kier molecular flexibility index (Phi) is 5.21. The predicted octanol–water partition coefficient (Wildman–Crippen LogP) is -0.286. The van der Waals surface area contributed by atoms with Crippen LogP contribution in [0.15, 0.2) is 18.5 Å². The van der Waals surface area contributed by atoms with Crippen LogP contribution in [-0.4, -0.2) is 58.2 Å². The molecular weight excluding hydrogens is 262 g/mol. The molecule has 0 aliphatic rings. The molecule has 0 radical (unpaired) electrons. The molecule has 0 spiro atoms. The van der Waals surface area contributed by atoms with E-state index in [0.29, 0.717) is 38.3 Å². The van der Waals surface area contributed by atoms with Crippen molar-refractivity contribution in [3.63, 3.8) is 0 Å². The van der Waals surface area contributed by atoms with Crippen molar-refractivity contribution in [2.24, 2.45) is 0 Å². The van der Waals surface area contributed by atoms with E-state index in [2.05, 4.69) is 25.4 Å². The van der Waals surface area contributed by atoms with Gasteiger partial charge in [0, 0.05) is 26.0 Å². The molecule has 0 amide bonds. The molecule has 0 fully saturated rings. The molecule has 0 aromatic carbocycles. The molecule has 0 aliphatic heterocycles. The third kappa shape index (κ3) is 4.14. The summed E-state index contributed by atoms with van der Waals surface area (Å²) in [4.78, 5) is 12.2. The lowest BCUT2D eigenvalue weighted by Crippen LogP contribution is -2.16. The maximum atomic E-state index is 5.64. The van der Waals surface area contributed by atoms with Crippen molar-refractivity contribution in [2.75, 3.05) is 44.5 Å². The SMILES string of the molecule is COCCOCCNc1nc(N)nc(-n2cccn2)n1. The van der Waals surface area contributed by atoms with Crippen molar-refractivity contribution in [3.8, 4) is 5.95 Å². The van der Waals surface area contributed by atoms with Gasteiger partial charge >= 0.3 is 0 Å². The van der Waals surface area contributed by atoms with E-state index in [-0.39, 0.29) is 5.95 Å². The van der Waals surface area contributed by atoms with Crippen LogP contribution in [0, 0.1) is 0 Å². The zero-order valence-electron chi connectivity index (χ0n) is 11.2. The lowest BCUT2D eigenvalue weighted by atomic mass is 10.6. The Morgan fingerprint density at radius 3 is 2.90 bits per heavy atom. The molecule has 108 valence electrons. The minimum Gasteiger partial charge on any atom is -0.382 e. The highest BCUT2D eigenvalue weighted by Crippen LogP contribution is 2.05. The molecule has 9 heteroatoms. The van der Waals surface area contributed by atoms with Crippen molar-refractivity contribution in [2.45, 2.75) is 0 Å². The van der Waals surface area contributed by atoms with Gasteiger partial charge in [-0.25, -0.2) is 4.68 Å². The lowest BCUT2D eigenvalue weighted by molar-refractivity contribution is 0.0759. The molecule has 2 rings (SSSR count). The Hall–Kier alpha value is -2.26. The largest absolute Gasteiger partial charge is 0.382 e. The van der Waals surface area contributed by atoms with Crippen molar-refractivity contribution < 1.29 is 9.47 Å². The van der Waals surface area contributed by atoms with Gasteiger partial charge in [-0.2, -0.15) is 20.1 Å². The summed E-state index contributed by atoms with van der Waals surface area (Å²) >= 11 is 0. The second-order valence-electron chi connectivity index (χ2n) is 3.80. The summed E-state index contributed by atoms with van der Waals surface area (Å²) < 4.78 is 11.7. The summed E-state index contributed by atoms with van der Waals surface area (Å²) in [5.74, 6) is 0.886. The highest BCUT2D eigenvalue weighted by atomic mass is 16.5. The van der Waals surface area contributed by atoms with Crippen LogP contribution in [0.25, 0.3) is 5.95 Å². The molecule has 2 aromatic heterocycles. The first kappa shape index (κ1) is 14.2. The van der Waals surface area contributed by atoms with Crippen LogP contribution in [0.5, 0.6) is 0 Å². The summed E-state index contributed by atoms with van der Waals surface area (Å²) in [7, 11) is 1.63. The number of nitrogens with zero attached hydrogens (tertiary/aromatic N) is 5. The zero-order valence-corrected chi connectivity index (χ0v) is 11.2. The topological polar surface area (TPSA) is 113 Å². The van der Waals surface area contributed by atoms with E-state index in [1.54, 1.807) is 25.6 Å². The average molecular weight is 279 g/mol. The van der Waals surface area contributed by atoms with E-state index in [1.807, 2.05) is 0 Å². The van der Waals surface area contributed by atoms with Gasteiger partial charge in [-0.1, -0.05) is 0 Å². The number of aromatic nitrogens is 5. The summed E-state index contributed by atoms with van der Waals surface area (Å²) in [5.41, 5.74) is 5.64. The molecule has 0 saturated heterocycles. The number of hydrogen-bond acceptors (Lipinski definition) is 8. The normalized spacial score (nSPS) is 10.7. The fourth-order valence-electron chi connectivity index (χ4n) is 1.43. The molecule has 2 heterocycles. The fourth-order valence-corrected chi connectivity index (χ4v) is 1.43. The maximum absolute atomic E-state index is 5.64. The van der Waals surface area contributed by atoms with Crippen LogP contribution >= 0.6 is 0 Å². The Balaban J connectivity index is 1.88. The number of anilines is 2. The lowest BCUT2D eigenvalue weighted by Gasteiger charge is -2.07. The second kappa shape index (κ2) is 7.36.